The van der Waals surface area contributed by atoms with Gasteiger partial charge in [0.2, 0.25) is 0 Å². The number of hydrogen-bond donors (Lipinski definition) is 2. The monoisotopic (exact) mass is 307 g/mol. The largest absolute Gasteiger partial charge is 0.479 e. The highest BCUT2D eigenvalue weighted by Gasteiger charge is 2.31. The molecule has 0 aliphatic rings. The van der Waals surface area contributed by atoms with Gasteiger partial charge >= 0.3 is 13.6 Å². The van der Waals surface area contributed by atoms with E-state index in [4.69, 9.17) is 4.52 Å². The van der Waals surface area contributed by atoms with Crippen LogP contribution in [-0.4, -0.2) is 21.0 Å². The van der Waals surface area contributed by atoms with E-state index >= 15 is 0 Å². The van der Waals surface area contributed by atoms with Gasteiger partial charge in [0, 0.05) is 12.4 Å². The Hall–Kier alpha value is -2.01. The van der Waals surface area contributed by atoms with E-state index in [9.17, 15) is 19.4 Å². The Kier molecular flexibility index (Phi) is 4.85. The van der Waals surface area contributed by atoms with Crippen LogP contribution in [-0.2, 0) is 20.0 Å². The lowest BCUT2D eigenvalue weighted by Crippen LogP contribution is -2.14. The summed E-state index contributed by atoms with van der Waals surface area (Å²) < 4.78 is 17.1. The molecule has 2 rings (SSSR count). The van der Waals surface area contributed by atoms with Gasteiger partial charge in [0.25, 0.3) is 0 Å². The van der Waals surface area contributed by atoms with Crippen molar-refractivity contribution in [3.05, 3.63) is 66.0 Å². The number of carboxylic acids is 1. The number of benzene rings is 1. The second-order valence-electron chi connectivity index (χ2n) is 4.39. The molecule has 7 heteroatoms. The Bertz CT molecular complexity index is 647. The second-order valence-corrected chi connectivity index (χ2v) is 6.19. The van der Waals surface area contributed by atoms with Crippen molar-refractivity contribution in [2.75, 3.05) is 0 Å². The zero-order chi connectivity index (χ0) is 15.3. The minimum absolute atomic E-state index is 0.294. The van der Waals surface area contributed by atoms with Crippen LogP contribution < -0.4 is 0 Å². The van der Waals surface area contributed by atoms with Crippen molar-refractivity contribution < 1.29 is 23.9 Å². The molecule has 0 fully saturated rings. The number of rotatable bonds is 6. The molecule has 0 amide bonds. The molecule has 0 aliphatic carbocycles. The lowest BCUT2D eigenvalue weighted by Gasteiger charge is -2.18. The molecule has 0 spiro atoms. The summed E-state index contributed by atoms with van der Waals surface area (Å²) in [4.78, 5) is 25.0. The molecule has 21 heavy (non-hydrogen) atoms. The third-order valence-electron chi connectivity index (χ3n) is 2.70. The van der Waals surface area contributed by atoms with Crippen LogP contribution in [0.15, 0.2) is 54.9 Å². The summed E-state index contributed by atoms with van der Waals surface area (Å²) in [6.07, 6.45) is 1.19. The Labute approximate surface area is 121 Å². The highest BCUT2D eigenvalue weighted by atomic mass is 31.2. The van der Waals surface area contributed by atoms with E-state index in [1.54, 1.807) is 30.3 Å². The van der Waals surface area contributed by atoms with Crippen molar-refractivity contribution in [3.8, 4) is 0 Å². The lowest BCUT2D eigenvalue weighted by atomic mass is 10.1. The molecular weight excluding hydrogens is 293 g/mol. The van der Waals surface area contributed by atoms with E-state index in [-0.39, 0.29) is 6.16 Å². The first-order valence-corrected chi connectivity index (χ1v) is 7.91. The molecule has 6 nitrogen and oxygen atoms in total. The summed E-state index contributed by atoms with van der Waals surface area (Å²) in [5.74, 6) is -1.32. The van der Waals surface area contributed by atoms with Gasteiger partial charge in [-0.3, -0.25) is 14.1 Å². The second kappa shape index (κ2) is 6.63. The molecule has 2 N–H and O–H groups in total. The lowest BCUT2D eigenvalue weighted by molar-refractivity contribution is -0.145. The van der Waals surface area contributed by atoms with Gasteiger partial charge in [0.1, 0.15) is 0 Å². The molecule has 1 aromatic carbocycles. The average molecular weight is 307 g/mol. The molecule has 0 saturated carbocycles. The first kappa shape index (κ1) is 15.4. The molecule has 0 saturated heterocycles. The van der Waals surface area contributed by atoms with E-state index in [0.29, 0.717) is 11.1 Å². The number of carbonyl (C=O) groups is 1. The van der Waals surface area contributed by atoms with Crippen LogP contribution in [0.5, 0.6) is 0 Å². The summed E-state index contributed by atoms with van der Waals surface area (Å²) >= 11 is 0. The van der Waals surface area contributed by atoms with Crippen LogP contribution in [0.4, 0.5) is 0 Å². The normalized spacial score (nSPS) is 15.1. The summed E-state index contributed by atoms with van der Waals surface area (Å²) in [5.41, 5.74) is 0.811. The van der Waals surface area contributed by atoms with Crippen LogP contribution in [0.1, 0.15) is 17.2 Å². The Balaban J connectivity index is 2.16. The van der Waals surface area contributed by atoms with Crippen molar-refractivity contribution in [1.82, 2.24) is 4.98 Å². The van der Waals surface area contributed by atoms with E-state index in [0.717, 1.165) is 0 Å². The minimum Gasteiger partial charge on any atom is -0.479 e. The Morgan fingerprint density at radius 1 is 1.24 bits per heavy atom. The highest BCUT2D eigenvalue weighted by Crippen LogP contribution is 2.49. The van der Waals surface area contributed by atoms with E-state index in [1.165, 1.54) is 24.5 Å². The smallest absolute Gasteiger partial charge is 0.338 e. The molecule has 2 aromatic rings. The van der Waals surface area contributed by atoms with Gasteiger partial charge in [0.05, 0.1) is 6.16 Å². The number of nitrogens with zero attached hydrogens (tertiary/aromatic N) is 1. The van der Waals surface area contributed by atoms with Crippen molar-refractivity contribution in [1.29, 1.82) is 0 Å². The molecule has 2 atom stereocenters. The van der Waals surface area contributed by atoms with Gasteiger partial charge in [-0.25, -0.2) is 4.79 Å². The number of pyridine rings is 1. The average Bonchev–Trinajstić information content (AvgIpc) is 2.46. The fourth-order valence-corrected chi connectivity index (χ4v) is 3.07. The maximum atomic E-state index is 12.1. The summed E-state index contributed by atoms with van der Waals surface area (Å²) in [5, 5.41) is 9.19. The van der Waals surface area contributed by atoms with Gasteiger partial charge in [-0.15, -0.1) is 0 Å². The third kappa shape index (κ3) is 4.49. The van der Waals surface area contributed by atoms with Crippen molar-refractivity contribution in [2.45, 2.75) is 12.3 Å². The first-order valence-electron chi connectivity index (χ1n) is 6.15. The molecule has 0 aliphatic heterocycles. The SMILES string of the molecule is O=C(O)C(OP(=O)(O)Cc1cccnc1)c1ccccc1. The Morgan fingerprint density at radius 3 is 2.52 bits per heavy atom. The number of carboxylic acid groups (broad SMARTS) is 1. The van der Waals surface area contributed by atoms with Crippen LogP contribution in [0, 0.1) is 0 Å². The molecule has 2 unspecified atom stereocenters. The van der Waals surface area contributed by atoms with Gasteiger partial charge in [-0.1, -0.05) is 36.4 Å². The van der Waals surface area contributed by atoms with Crippen LogP contribution in [0.2, 0.25) is 0 Å². The molecule has 1 aromatic heterocycles. The van der Waals surface area contributed by atoms with Gasteiger partial charge in [-0.2, -0.15) is 0 Å². The fraction of sp³-hybridized carbons (Fsp3) is 0.143. The number of hydrogen-bond acceptors (Lipinski definition) is 4. The fourth-order valence-electron chi connectivity index (χ4n) is 1.80. The van der Waals surface area contributed by atoms with E-state index < -0.39 is 19.7 Å². The zero-order valence-corrected chi connectivity index (χ0v) is 11.9. The summed E-state index contributed by atoms with van der Waals surface area (Å²) in [7, 11) is -4.11. The van der Waals surface area contributed by atoms with Crippen LogP contribution in [0.25, 0.3) is 0 Å². The quantitative estimate of drug-likeness (QED) is 0.796. The van der Waals surface area contributed by atoms with Crippen molar-refractivity contribution in [3.63, 3.8) is 0 Å². The third-order valence-corrected chi connectivity index (χ3v) is 4.01. The molecule has 0 bridgehead atoms. The molecular formula is C14H14NO5P. The van der Waals surface area contributed by atoms with Crippen LogP contribution in [0.3, 0.4) is 0 Å². The highest BCUT2D eigenvalue weighted by molar-refractivity contribution is 7.52. The van der Waals surface area contributed by atoms with Crippen molar-refractivity contribution >= 4 is 13.6 Å². The van der Waals surface area contributed by atoms with Crippen molar-refractivity contribution in [2.24, 2.45) is 0 Å². The van der Waals surface area contributed by atoms with E-state index in [2.05, 4.69) is 4.98 Å². The Morgan fingerprint density at radius 2 is 1.95 bits per heavy atom. The van der Waals surface area contributed by atoms with E-state index in [1.807, 2.05) is 0 Å². The maximum absolute atomic E-state index is 12.1. The van der Waals surface area contributed by atoms with Gasteiger partial charge in [-0.05, 0) is 17.2 Å². The van der Waals surface area contributed by atoms with Gasteiger partial charge in [0.15, 0.2) is 6.10 Å². The predicted octanol–water partition coefficient (Wildman–Crippen LogP) is 2.61. The van der Waals surface area contributed by atoms with Gasteiger partial charge < -0.3 is 10.00 Å². The standard InChI is InChI=1S/C14H14NO5P/c16-14(17)13(12-6-2-1-3-7-12)20-21(18,19)10-11-5-4-8-15-9-11/h1-9,13H,10H2,(H,16,17)(H,18,19). The minimum atomic E-state index is -4.11. The maximum Gasteiger partial charge on any atom is 0.338 e. The molecule has 0 radical (unpaired) electrons. The zero-order valence-electron chi connectivity index (χ0n) is 11.0. The first-order chi connectivity index (χ1) is 9.98. The molecule has 1 heterocycles. The summed E-state index contributed by atoms with van der Waals surface area (Å²) in [6.45, 7) is 0. The molecule has 110 valence electrons. The number of aliphatic carboxylic acids is 1. The number of aromatic nitrogens is 1. The van der Waals surface area contributed by atoms with Crippen LogP contribution >= 0.6 is 7.60 Å². The summed E-state index contributed by atoms with van der Waals surface area (Å²) in [6, 6.07) is 11.3. The predicted molar refractivity (Wildman–Crippen MR) is 75.7 cm³/mol. The topological polar surface area (TPSA) is 96.7 Å².